The Morgan fingerprint density at radius 3 is 2.33 bits per heavy atom. The quantitative estimate of drug-likeness (QED) is 0.245. The van der Waals surface area contributed by atoms with Crippen molar-refractivity contribution < 1.29 is 31.5 Å². The van der Waals surface area contributed by atoms with Crippen LogP contribution in [-0.4, -0.2) is 18.0 Å². The first kappa shape index (κ1) is 22.9. The minimum Gasteiger partial charge on any atom is -0.491 e. The summed E-state index contributed by atoms with van der Waals surface area (Å²) in [6.07, 6.45) is 0. The van der Waals surface area contributed by atoms with Crippen LogP contribution >= 0.6 is 23.2 Å². The normalized spacial score (nSPS) is 11.2. The summed E-state index contributed by atoms with van der Waals surface area (Å²) in [5, 5.41) is 2.85. The average molecular weight is 499 g/mol. The zero-order valence-electron chi connectivity index (χ0n) is 16.8. The molecule has 0 aliphatic heterocycles. The van der Waals surface area contributed by atoms with Crippen LogP contribution in [0.2, 0.25) is 10.0 Å². The van der Waals surface area contributed by atoms with E-state index in [0.717, 1.165) is 7.11 Å². The van der Waals surface area contributed by atoms with E-state index in [1.807, 2.05) is 0 Å². The van der Waals surface area contributed by atoms with E-state index in [9.17, 15) is 22.4 Å². The molecule has 4 rings (SSSR count). The van der Waals surface area contributed by atoms with E-state index in [0.29, 0.717) is 21.7 Å². The van der Waals surface area contributed by atoms with Gasteiger partial charge in [0.15, 0.2) is 23.0 Å². The van der Waals surface area contributed by atoms with Crippen molar-refractivity contribution in [2.45, 2.75) is 6.92 Å². The Kier molecular flexibility index (Phi) is 5.94. The number of carbonyl (C=O) groups is 1. The van der Waals surface area contributed by atoms with Crippen LogP contribution in [0.25, 0.3) is 22.6 Å². The van der Waals surface area contributed by atoms with Crippen molar-refractivity contribution >= 4 is 45.9 Å². The Labute approximate surface area is 193 Å². The number of nitrogens with one attached hydrogen (secondary N) is 1. The number of ether oxygens (including phenoxy) is 1. The second-order valence-corrected chi connectivity index (χ2v) is 7.75. The van der Waals surface area contributed by atoms with Gasteiger partial charge in [-0.1, -0.05) is 29.3 Å². The number of benzene rings is 3. The molecule has 0 aliphatic carbocycles. The molecule has 3 aromatic carbocycles. The van der Waals surface area contributed by atoms with Gasteiger partial charge in [-0.05, 0) is 36.8 Å². The van der Waals surface area contributed by atoms with Crippen LogP contribution in [0.15, 0.2) is 34.7 Å². The third-order valence-corrected chi connectivity index (χ3v) is 5.30. The summed E-state index contributed by atoms with van der Waals surface area (Å²) < 4.78 is 66.6. The van der Waals surface area contributed by atoms with Gasteiger partial charge >= 0.3 is 0 Å². The summed E-state index contributed by atoms with van der Waals surface area (Å²) in [5.41, 5.74) is 0.211. The Morgan fingerprint density at radius 2 is 1.70 bits per heavy atom. The number of oxazole rings is 1. The summed E-state index contributed by atoms with van der Waals surface area (Å²) in [6, 6.07) is 7.65. The van der Waals surface area contributed by atoms with E-state index in [-0.39, 0.29) is 22.2 Å². The predicted octanol–water partition coefficient (Wildman–Crippen LogP) is 6.93. The monoisotopic (exact) mass is 498 g/mol. The van der Waals surface area contributed by atoms with Gasteiger partial charge in [0.2, 0.25) is 17.5 Å². The molecule has 0 bridgehead atoms. The van der Waals surface area contributed by atoms with Crippen molar-refractivity contribution in [2.75, 3.05) is 12.4 Å². The fraction of sp³-hybridized carbons (Fsp3) is 0.0909. The summed E-state index contributed by atoms with van der Waals surface area (Å²) >= 11 is 12.1. The van der Waals surface area contributed by atoms with Gasteiger partial charge in [-0.2, -0.15) is 8.78 Å². The summed E-state index contributed by atoms with van der Waals surface area (Å²) in [7, 11) is 0.836. The Morgan fingerprint density at radius 1 is 1.03 bits per heavy atom. The smallest absolute Gasteiger partial charge is 0.261 e. The SMILES string of the molecule is COc1c(F)c(F)c(C(=O)Nc2cc(-c3nc4cc(Cl)cc(Cl)c4o3)ccc2C)c(F)c1F. The highest BCUT2D eigenvalue weighted by Crippen LogP contribution is 2.34. The molecule has 11 heteroatoms. The highest BCUT2D eigenvalue weighted by atomic mass is 35.5. The molecule has 0 saturated heterocycles. The second-order valence-electron chi connectivity index (χ2n) is 6.90. The fourth-order valence-corrected chi connectivity index (χ4v) is 3.67. The van der Waals surface area contributed by atoms with Crippen LogP contribution in [0.3, 0.4) is 0 Å². The molecular formula is C22H12Cl2F4N2O3. The van der Waals surface area contributed by atoms with E-state index in [1.54, 1.807) is 25.1 Å². The molecule has 4 aromatic rings. The molecule has 1 N–H and O–H groups in total. The van der Waals surface area contributed by atoms with Crippen molar-refractivity contribution in [3.8, 4) is 17.2 Å². The molecule has 1 heterocycles. The van der Waals surface area contributed by atoms with Gasteiger partial charge in [0.1, 0.15) is 11.1 Å². The first-order chi connectivity index (χ1) is 15.6. The second kappa shape index (κ2) is 8.57. The number of aryl methyl sites for hydroxylation is 1. The summed E-state index contributed by atoms with van der Waals surface area (Å²) in [5.74, 6) is -9.97. The molecule has 0 fully saturated rings. The minimum absolute atomic E-state index is 0.0966. The maximum Gasteiger partial charge on any atom is 0.261 e. The standard InChI is InChI=1S/C22H12Cl2F4N2O3/c1-8-3-4-9(22-30-13-7-10(23)6-11(24)19(13)33-22)5-12(8)29-21(31)14-15(25)17(27)20(32-2)18(28)16(14)26/h3-7H,1-2H3,(H,29,31). The van der Waals surface area contributed by atoms with E-state index >= 15 is 0 Å². The van der Waals surface area contributed by atoms with Gasteiger partial charge in [0.25, 0.3) is 5.91 Å². The number of halogens is 6. The largest absolute Gasteiger partial charge is 0.491 e. The van der Waals surface area contributed by atoms with Crippen LogP contribution in [0.4, 0.5) is 23.2 Å². The Hall–Kier alpha value is -3.30. The minimum atomic E-state index is -1.89. The van der Waals surface area contributed by atoms with Crippen molar-refractivity contribution in [1.29, 1.82) is 0 Å². The van der Waals surface area contributed by atoms with Gasteiger partial charge in [-0.25, -0.2) is 13.8 Å². The number of anilines is 1. The number of hydrogen-bond acceptors (Lipinski definition) is 4. The van der Waals surface area contributed by atoms with Crippen LogP contribution in [0, 0.1) is 30.2 Å². The van der Waals surface area contributed by atoms with E-state index in [4.69, 9.17) is 27.6 Å². The molecule has 0 aliphatic rings. The first-order valence-electron chi connectivity index (χ1n) is 9.20. The summed E-state index contributed by atoms with van der Waals surface area (Å²) in [4.78, 5) is 16.8. The predicted molar refractivity (Wildman–Crippen MR) is 115 cm³/mol. The lowest BCUT2D eigenvalue weighted by molar-refractivity contribution is 0.101. The lowest BCUT2D eigenvalue weighted by Crippen LogP contribution is -2.19. The molecule has 0 atom stereocenters. The number of aromatic nitrogens is 1. The van der Waals surface area contributed by atoms with E-state index in [2.05, 4.69) is 15.0 Å². The lowest BCUT2D eigenvalue weighted by Gasteiger charge is -2.13. The fourth-order valence-electron chi connectivity index (χ4n) is 3.15. The maximum absolute atomic E-state index is 14.3. The third-order valence-electron chi connectivity index (χ3n) is 4.80. The number of methoxy groups -OCH3 is 1. The van der Waals surface area contributed by atoms with Crippen LogP contribution in [-0.2, 0) is 0 Å². The molecule has 0 unspecified atom stereocenters. The number of carbonyl (C=O) groups excluding carboxylic acids is 1. The van der Waals surface area contributed by atoms with Crippen LogP contribution < -0.4 is 10.1 Å². The highest BCUT2D eigenvalue weighted by Gasteiger charge is 2.30. The number of rotatable bonds is 4. The van der Waals surface area contributed by atoms with E-state index < -0.39 is 40.5 Å². The molecule has 5 nitrogen and oxygen atoms in total. The molecule has 170 valence electrons. The molecular weight excluding hydrogens is 487 g/mol. The van der Waals surface area contributed by atoms with E-state index in [1.165, 1.54) is 12.1 Å². The lowest BCUT2D eigenvalue weighted by atomic mass is 10.1. The van der Waals surface area contributed by atoms with Crippen LogP contribution in [0.5, 0.6) is 5.75 Å². The van der Waals surface area contributed by atoms with Gasteiger partial charge in [0.05, 0.1) is 12.1 Å². The molecule has 0 radical (unpaired) electrons. The highest BCUT2D eigenvalue weighted by molar-refractivity contribution is 6.38. The van der Waals surface area contributed by atoms with Crippen LogP contribution in [0.1, 0.15) is 15.9 Å². The first-order valence-corrected chi connectivity index (χ1v) is 9.95. The molecule has 0 saturated carbocycles. The molecule has 0 spiro atoms. The summed E-state index contributed by atoms with van der Waals surface area (Å²) in [6.45, 7) is 1.60. The number of nitrogens with zero attached hydrogens (tertiary/aromatic N) is 1. The third kappa shape index (κ3) is 3.98. The van der Waals surface area contributed by atoms with Gasteiger partial charge in [-0.3, -0.25) is 4.79 Å². The molecule has 33 heavy (non-hydrogen) atoms. The topological polar surface area (TPSA) is 64.4 Å². The Balaban J connectivity index is 1.73. The Bertz CT molecular complexity index is 1410. The van der Waals surface area contributed by atoms with Crippen molar-refractivity contribution in [2.24, 2.45) is 0 Å². The molecule has 1 amide bonds. The number of hydrogen-bond donors (Lipinski definition) is 1. The number of fused-ring (bicyclic) bond motifs is 1. The van der Waals surface area contributed by atoms with Gasteiger partial charge in [-0.15, -0.1) is 0 Å². The van der Waals surface area contributed by atoms with Crippen molar-refractivity contribution in [3.05, 3.63) is 74.8 Å². The number of amides is 1. The van der Waals surface area contributed by atoms with Crippen molar-refractivity contribution in [3.63, 3.8) is 0 Å². The zero-order valence-corrected chi connectivity index (χ0v) is 18.3. The van der Waals surface area contributed by atoms with Gasteiger partial charge in [0, 0.05) is 16.3 Å². The zero-order chi connectivity index (χ0) is 24.0. The van der Waals surface area contributed by atoms with Crippen molar-refractivity contribution in [1.82, 2.24) is 4.98 Å². The van der Waals surface area contributed by atoms with Gasteiger partial charge < -0.3 is 14.5 Å². The maximum atomic E-state index is 14.3. The average Bonchev–Trinajstić information content (AvgIpc) is 3.19. The molecule has 1 aromatic heterocycles.